The van der Waals surface area contributed by atoms with Crippen molar-refractivity contribution in [1.82, 2.24) is 0 Å². The molecule has 0 aliphatic carbocycles. The molecule has 14 heteroatoms. The van der Waals surface area contributed by atoms with E-state index < -0.39 is 7.82 Å². The summed E-state index contributed by atoms with van der Waals surface area (Å²) in [5.74, 6) is 1.21. The molecule has 0 rings (SSSR count). The highest BCUT2D eigenvalue weighted by molar-refractivity contribution is 8.76. The molecule has 0 spiro atoms. The van der Waals surface area contributed by atoms with Crippen molar-refractivity contribution in [3.05, 3.63) is 20.9 Å². The minimum atomic E-state index is -4.29. The summed E-state index contributed by atoms with van der Waals surface area (Å²) in [5.41, 5.74) is 15.8. The molecule has 0 aliphatic rings. The molecule has 11 nitrogen and oxygen atoms in total. The molecule has 19 heavy (non-hydrogen) atoms. The van der Waals surface area contributed by atoms with E-state index in [1.807, 2.05) is 0 Å². The molecule has 0 aromatic rings. The molecule has 0 aromatic heterocycles. The summed E-state index contributed by atoms with van der Waals surface area (Å²) in [4.78, 5) is 18.1. The van der Waals surface area contributed by atoms with Crippen LogP contribution in [0.1, 0.15) is 6.42 Å². The fourth-order valence-corrected chi connectivity index (χ4v) is 3.14. The highest BCUT2D eigenvalue weighted by Crippen LogP contribution is 2.43. The van der Waals surface area contributed by atoms with Crippen molar-refractivity contribution in [2.45, 2.75) is 6.42 Å². The van der Waals surface area contributed by atoms with Gasteiger partial charge in [0.05, 0.1) is 13.2 Å². The molecule has 1 atom stereocenters. The van der Waals surface area contributed by atoms with E-state index in [0.717, 1.165) is 5.75 Å². The first-order chi connectivity index (χ1) is 9.12. The van der Waals surface area contributed by atoms with Gasteiger partial charge < -0.3 is 9.46 Å². The summed E-state index contributed by atoms with van der Waals surface area (Å²) in [6, 6.07) is 0. The quantitative estimate of drug-likeness (QED) is 0.109. The van der Waals surface area contributed by atoms with Gasteiger partial charge in [-0.3, -0.25) is 9.42 Å². The lowest BCUT2D eigenvalue weighted by atomic mass is 10.5. The SMILES string of the molecule is [N-]=[N+]=NOCCCSSCCOP(=O)(O)ON=[N+]=[N-]. The largest absolute Gasteiger partial charge is 0.533 e. The van der Waals surface area contributed by atoms with Crippen LogP contribution in [0.3, 0.4) is 0 Å². The second-order valence-electron chi connectivity index (χ2n) is 2.56. The molecular formula is C5H11N6O5PS2. The maximum atomic E-state index is 11.0. The monoisotopic (exact) mass is 330 g/mol. The Bertz CT molecular complexity index is 386. The second kappa shape index (κ2) is 12.1. The summed E-state index contributed by atoms with van der Waals surface area (Å²) >= 11 is 0. The van der Waals surface area contributed by atoms with E-state index in [-0.39, 0.29) is 6.61 Å². The lowest BCUT2D eigenvalue weighted by molar-refractivity contribution is 0.140. The van der Waals surface area contributed by atoms with Gasteiger partial charge >= 0.3 is 7.82 Å². The van der Waals surface area contributed by atoms with Crippen molar-refractivity contribution in [3.8, 4) is 0 Å². The number of azide groups is 2. The molecule has 0 fully saturated rings. The van der Waals surface area contributed by atoms with Gasteiger partial charge in [-0.15, -0.1) is 0 Å². The van der Waals surface area contributed by atoms with Crippen LogP contribution in [-0.4, -0.2) is 29.6 Å². The normalized spacial score (nSPS) is 12.7. The fourth-order valence-electron chi connectivity index (χ4n) is 0.640. The first-order valence-electron chi connectivity index (χ1n) is 4.73. The first kappa shape index (κ1) is 18.1. The lowest BCUT2D eigenvalue weighted by Crippen LogP contribution is -1.96. The highest BCUT2D eigenvalue weighted by atomic mass is 33.1. The van der Waals surface area contributed by atoms with Crippen molar-refractivity contribution < 1.29 is 23.4 Å². The smallest absolute Gasteiger partial charge is 0.433 e. The molecule has 0 aliphatic heterocycles. The number of phosphoric ester groups is 1. The third-order valence-electron chi connectivity index (χ3n) is 1.24. The van der Waals surface area contributed by atoms with Crippen molar-refractivity contribution in [2.24, 2.45) is 10.6 Å². The van der Waals surface area contributed by atoms with Crippen molar-refractivity contribution in [1.29, 1.82) is 0 Å². The predicted octanol–water partition coefficient (Wildman–Crippen LogP) is 3.36. The van der Waals surface area contributed by atoms with E-state index in [1.165, 1.54) is 21.6 Å². The fraction of sp³-hybridized carbons (Fsp3) is 1.00. The third-order valence-corrected chi connectivity index (χ3v) is 4.48. The number of hydrogen-bond acceptors (Lipinski definition) is 8. The van der Waals surface area contributed by atoms with Gasteiger partial charge in [0.1, 0.15) is 10.6 Å². The van der Waals surface area contributed by atoms with Crippen LogP contribution >= 0.6 is 29.4 Å². The van der Waals surface area contributed by atoms with Crippen molar-refractivity contribution in [2.75, 3.05) is 24.7 Å². The molecule has 1 N–H and O–H groups in total. The lowest BCUT2D eigenvalue weighted by Gasteiger charge is -2.07. The van der Waals surface area contributed by atoms with E-state index in [2.05, 4.69) is 34.4 Å². The van der Waals surface area contributed by atoms with Crippen LogP contribution in [0.2, 0.25) is 0 Å². The maximum absolute atomic E-state index is 11.0. The van der Waals surface area contributed by atoms with E-state index in [4.69, 9.17) is 16.0 Å². The van der Waals surface area contributed by atoms with Gasteiger partial charge in [-0.05, 0) is 17.5 Å². The number of nitrogens with zero attached hydrogens (tertiary/aromatic N) is 6. The minimum Gasteiger partial charge on any atom is -0.433 e. The van der Waals surface area contributed by atoms with Crippen LogP contribution in [0.4, 0.5) is 0 Å². The zero-order valence-corrected chi connectivity index (χ0v) is 12.1. The summed E-state index contributed by atoms with van der Waals surface area (Å²) < 4.78 is 19.4. The Morgan fingerprint density at radius 1 is 1.16 bits per heavy atom. The Labute approximate surface area is 116 Å². The highest BCUT2D eigenvalue weighted by Gasteiger charge is 2.20. The topological polar surface area (TPSA) is 163 Å². The Kier molecular flexibility index (Phi) is 11.5. The molecular weight excluding hydrogens is 319 g/mol. The van der Waals surface area contributed by atoms with Gasteiger partial charge in [-0.1, -0.05) is 21.6 Å². The molecule has 108 valence electrons. The van der Waals surface area contributed by atoms with Crippen molar-refractivity contribution >= 4 is 29.4 Å². The molecule has 0 saturated heterocycles. The van der Waals surface area contributed by atoms with Crippen LogP contribution < -0.4 is 0 Å². The van der Waals surface area contributed by atoms with Gasteiger partial charge in [0.2, 0.25) is 0 Å². The van der Waals surface area contributed by atoms with Crippen molar-refractivity contribution in [3.63, 3.8) is 0 Å². The molecule has 0 amide bonds. The zero-order valence-electron chi connectivity index (χ0n) is 9.56. The predicted molar refractivity (Wildman–Crippen MR) is 70.6 cm³/mol. The Balaban J connectivity index is 3.37. The molecule has 1 unspecified atom stereocenters. The molecule has 0 saturated carbocycles. The van der Waals surface area contributed by atoms with Gasteiger partial charge in [0, 0.05) is 21.3 Å². The Hall–Kier alpha value is -0.930. The third kappa shape index (κ3) is 13.3. The zero-order chi connectivity index (χ0) is 14.4. The Morgan fingerprint density at radius 3 is 2.53 bits per heavy atom. The van der Waals surface area contributed by atoms with E-state index in [1.54, 1.807) is 0 Å². The van der Waals surface area contributed by atoms with E-state index >= 15 is 0 Å². The van der Waals surface area contributed by atoms with Gasteiger partial charge in [-0.2, -0.15) is 0 Å². The van der Waals surface area contributed by atoms with Gasteiger partial charge in [-0.25, -0.2) is 4.57 Å². The van der Waals surface area contributed by atoms with E-state index in [9.17, 15) is 4.57 Å². The van der Waals surface area contributed by atoms with Crippen LogP contribution in [0.15, 0.2) is 10.6 Å². The second-order valence-corrected chi connectivity index (χ2v) is 6.62. The average Bonchev–Trinajstić information content (AvgIpc) is 2.38. The number of hydrogen-bond donors (Lipinski definition) is 1. The number of phosphoric acid groups is 1. The van der Waals surface area contributed by atoms with Crippen LogP contribution in [0, 0.1) is 0 Å². The summed E-state index contributed by atoms with van der Waals surface area (Å²) in [6.07, 6.45) is 0.704. The molecule has 0 radical (unpaired) electrons. The van der Waals surface area contributed by atoms with Crippen LogP contribution in [0.25, 0.3) is 20.9 Å². The number of rotatable bonds is 12. The molecule has 0 bridgehead atoms. The van der Waals surface area contributed by atoms with Gasteiger partial charge in [0.15, 0.2) is 0 Å². The van der Waals surface area contributed by atoms with Crippen LogP contribution in [-0.2, 0) is 18.6 Å². The summed E-state index contributed by atoms with van der Waals surface area (Å²) in [7, 11) is -1.36. The van der Waals surface area contributed by atoms with Crippen LogP contribution in [0.5, 0.6) is 0 Å². The van der Waals surface area contributed by atoms with E-state index in [0.29, 0.717) is 18.8 Å². The first-order valence-corrected chi connectivity index (χ1v) is 8.72. The molecule has 0 aromatic carbocycles. The summed E-state index contributed by atoms with van der Waals surface area (Å²) in [5, 5.41) is 5.40. The maximum Gasteiger partial charge on any atom is 0.533 e. The summed E-state index contributed by atoms with van der Waals surface area (Å²) in [6.45, 7) is 0.307. The van der Waals surface area contributed by atoms with Gasteiger partial charge in [0.25, 0.3) is 0 Å². The standard InChI is InChI=1S/C5H11N6O5PS2/c6-8-10-14-2-1-4-18-19-5-3-15-17(12,13)16-11-9-7/h1-5H2,(H,12,13). The average molecular weight is 330 g/mol. The Morgan fingerprint density at radius 2 is 1.84 bits per heavy atom. The minimum absolute atomic E-state index is 0.0262. The molecule has 0 heterocycles.